The van der Waals surface area contributed by atoms with E-state index in [4.69, 9.17) is 5.26 Å². The van der Waals surface area contributed by atoms with Crippen LogP contribution in [0.3, 0.4) is 0 Å². The summed E-state index contributed by atoms with van der Waals surface area (Å²) in [5.41, 5.74) is 1.76. The number of nitrogens with zero attached hydrogens (tertiary/aromatic N) is 1. The smallest absolute Gasteiger partial charge is 0.192 e. The van der Waals surface area contributed by atoms with Crippen molar-refractivity contribution in [2.75, 3.05) is 12.0 Å². The van der Waals surface area contributed by atoms with E-state index in [2.05, 4.69) is 0 Å². The zero-order valence-electron chi connectivity index (χ0n) is 12.7. The van der Waals surface area contributed by atoms with Crippen molar-refractivity contribution in [3.63, 3.8) is 0 Å². The third-order valence-corrected chi connectivity index (χ3v) is 4.01. The van der Waals surface area contributed by atoms with Crippen LogP contribution in [0.1, 0.15) is 22.3 Å². The Morgan fingerprint density at radius 2 is 1.83 bits per heavy atom. The average Bonchev–Trinajstić information content (AvgIpc) is 2.52. The summed E-state index contributed by atoms with van der Waals surface area (Å²) < 4.78 is 40.3. The molecule has 23 heavy (non-hydrogen) atoms. The Labute approximate surface area is 138 Å². The summed E-state index contributed by atoms with van der Waals surface area (Å²) in [6.07, 6.45) is -0.724. The maximum atomic E-state index is 13.4. The first-order chi connectivity index (χ1) is 10.9. The second-order valence-electron chi connectivity index (χ2n) is 5.10. The van der Waals surface area contributed by atoms with E-state index in [9.17, 15) is 13.2 Å². The topological polar surface area (TPSA) is 23.8 Å². The Kier molecular flexibility index (Phi) is 5.38. The molecule has 0 aliphatic heterocycles. The summed E-state index contributed by atoms with van der Waals surface area (Å²) in [6, 6.07) is 10.9. The van der Waals surface area contributed by atoms with E-state index in [1.165, 1.54) is 18.2 Å². The van der Waals surface area contributed by atoms with Gasteiger partial charge in [0.1, 0.15) is 0 Å². The molecule has 0 fully saturated rings. The van der Waals surface area contributed by atoms with E-state index in [0.717, 1.165) is 5.56 Å². The fourth-order valence-electron chi connectivity index (χ4n) is 2.32. The molecule has 5 heteroatoms. The lowest BCUT2D eigenvalue weighted by Crippen LogP contribution is -2.09. The van der Waals surface area contributed by atoms with Crippen molar-refractivity contribution in [3.05, 3.63) is 65.1 Å². The summed E-state index contributed by atoms with van der Waals surface area (Å²) >= 11 is 1.56. The molecule has 0 N–H and O–H groups in total. The molecule has 0 spiro atoms. The van der Waals surface area contributed by atoms with Crippen molar-refractivity contribution in [1.29, 1.82) is 5.26 Å². The van der Waals surface area contributed by atoms with Gasteiger partial charge < -0.3 is 0 Å². The number of rotatable bonds is 4. The van der Waals surface area contributed by atoms with Crippen LogP contribution >= 0.6 is 11.8 Å². The van der Waals surface area contributed by atoms with Crippen LogP contribution in [0.25, 0.3) is 11.1 Å². The van der Waals surface area contributed by atoms with Gasteiger partial charge in [-0.3, -0.25) is 0 Å². The lowest BCUT2D eigenvalue weighted by atomic mass is 9.92. The Bertz CT molecular complexity index is 728. The largest absolute Gasteiger partial charge is 0.417 e. The van der Waals surface area contributed by atoms with Crippen molar-refractivity contribution in [1.82, 2.24) is 0 Å². The number of halogens is 3. The number of hydrogen-bond donors (Lipinski definition) is 0. The Morgan fingerprint density at radius 1 is 1.17 bits per heavy atom. The van der Waals surface area contributed by atoms with Gasteiger partial charge in [-0.1, -0.05) is 18.2 Å². The molecule has 0 saturated heterocycles. The van der Waals surface area contributed by atoms with Crippen molar-refractivity contribution in [2.45, 2.75) is 13.1 Å². The van der Waals surface area contributed by atoms with Gasteiger partial charge in [-0.25, -0.2) is 0 Å². The molecule has 0 aliphatic carbocycles. The van der Waals surface area contributed by atoms with Crippen LogP contribution in [0.2, 0.25) is 0 Å². The minimum absolute atomic E-state index is 0.140. The number of thioether (sulfide) groups is 1. The first-order valence-electron chi connectivity index (χ1n) is 6.91. The van der Waals surface area contributed by atoms with Gasteiger partial charge >= 0.3 is 6.18 Å². The van der Waals surface area contributed by atoms with Gasteiger partial charge in [0, 0.05) is 12.2 Å². The molecule has 119 valence electrons. The SMILES string of the molecule is CSC[CH]c1cc(C(F)(F)F)c(-c2ccc(C#N)cc2)cc1C. The van der Waals surface area contributed by atoms with E-state index in [-0.39, 0.29) is 5.56 Å². The molecule has 2 rings (SSSR count). The zero-order valence-corrected chi connectivity index (χ0v) is 13.6. The van der Waals surface area contributed by atoms with Gasteiger partial charge in [-0.05, 0) is 53.6 Å². The lowest BCUT2D eigenvalue weighted by Gasteiger charge is -2.17. The number of hydrogen-bond acceptors (Lipinski definition) is 2. The molecule has 1 radical (unpaired) electrons. The van der Waals surface area contributed by atoms with Gasteiger partial charge in [0.15, 0.2) is 0 Å². The molecule has 0 aromatic heterocycles. The molecular weight excluding hydrogens is 319 g/mol. The van der Waals surface area contributed by atoms with Gasteiger partial charge in [0.25, 0.3) is 0 Å². The maximum Gasteiger partial charge on any atom is 0.417 e. The van der Waals surface area contributed by atoms with Crippen molar-refractivity contribution < 1.29 is 13.2 Å². The monoisotopic (exact) mass is 334 g/mol. The Hall–Kier alpha value is -1.93. The van der Waals surface area contributed by atoms with Gasteiger partial charge in [0.05, 0.1) is 17.2 Å². The highest BCUT2D eigenvalue weighted by Crippen LogP contribution is 2.39. The van der Waals surface area contributed by atoms with Crippen LogP contribution in [-0.2, 0) is 6.18 Å². The number of aryl methyl sites for hydroxylation is 1. The molecule has 0 aliphatic rings. The lowest BCUT2D eigenvalue weighted by molar-refractivity contribution is -0.137. The van der Waals surface area contributed by atoms with Gasteiger partial charge in [-0.2, -0.15) is 30.2 Å². The third-order valence-electron chi connectivity index (χ3n) is 3.51. The normalized spacial score (nSPS) is 11.3. The summed E-state index contributed by atoms with van der Waals surface area (Å²) in [5.74, 6) is 0.661. The first-order valence-corrected chi connectivity index (χ1v) is 8.30. The van der Waals surface area contributed by atoms with Crippen LogP contribution < -0.4 is 0 Å². The quantitative estimate of drug-likeness (QED) is 0.740. The molecule has 0 saturated carbocycles. The highest BCUT2D eigenvalue weighted by atomic mass is 32.2. The van der Waals surface area contributed by atoms with Crippen LogP contribution in [0, 0.1) is 24.7 Å². The molecular formula is C18H15F3NS. The molecule has 2 aromatic carbocycles. The third kappa shape index (κ3) is 4.08. The minimum Gasteiger partial charge on any atom is -0.192 e. The zero-order chi connectivity index (χ0) is 17.0. The highest BCUT2D eigenvalue weighted by molar-refractivity contribution is 7.98. The van der Waals surface area contributed by atoms with Crippen LogP contribution in [-0.4, -0.2) is 12.0 Å². The molecule has 0 amide bonds. The Balaban J connectivity index is 2.57. The summed E-state index contributed by atoms with van der Waals surface area (Å²) in [7, 11) is 0. The predicted molar refractivity (Wildman–Crippen MR) is 88.1 cm³/mol. The van der Waals surface area contributed by atoms with E-state index in [1.807, 2.05) is 12.3 Å². The molecule has 0 atom stereocenters. The molecule has 1 nitrogen and oxygen atoms in total. The summed E-state index contributed by atoms with van der Waals surface area (Å²) in [4.78, 5) is 0. The molecule has 0 heterocycles. The fourth-order valence-corrected chi connectivity index (χ4v) is 2.66. The maximum absolute atomic E-state index is 13.4. The van der Waals surface area contributed by atoms with Gasteiger partial charge in [0.2, 0.25) is 0 Å². The highest BCUT2D eigenvalue weighted by Gasteiger charge is 2.34. The van der Waals surface area contributed by atoms with Crippen molar-refractivity contribution >= 4 is 11.8 Å². The van der Waals surface area contributed by atoms with E-state index in [0.29, 0.717) is 22.4 Å². The van der Waals surface area contributed by atoms with Crippen molar-refractivity contribution in [2.24, 2.45) is 0 Å². The fraction of sp³-hybridized carbons (Fsp3) is 0.222. The van der Waals surface area contributed by atoms with Gasteiger partial charge in [-0.15, -0.1) is 0 Å². The molecule has 0 bridgehead atoms. The van der Waals surface area contributed by atoms with Crippen LogP contribution in [0.4, 0.5) is 13.2 Å². The van der Waals surface area contributed by atoms with Crippen molar-refractivity contribution in [3.8, 4) is 17.2 Å². The van der Waals surface area contributed by atoms with E-state index < -0.39 is 11.7 Å². The molecule has 2 aromatic rings. The summed E-state index contributed by atoms with van der Waals surface area (Å²) in [6.45, 7) is 1.81. The average molecular weight is 334 g/mol. The Morgan fingerprint density at radius 3 is 2.35 bits per heavy atom. The number of benzene rings is 2. The van der Waals surface area contributed by atoms with E-state index >= 15 is 0 Å². The standard InChI is InChI=1S/C18H15F3NS/c1-12-9-16(14-5-3-13(11-22)4-6-14)17(18(19,20)21)10-15(12)7-8-23-2/h3-7,9-10H,8H2,1-2H3. The summed E-state index contributed by atoms with van der Waals surface area (Å²) in [5, 5.41) is 8.81. The van der Waals surface area contributed by atoms with Crippen LogP contribution in [0.15, 0.2) is 36.4 Å². The number of alkyl halides is 3. The van der Waals surface area contributed by atoms with E-state index in [1.54, 1.807) is 43.3 Å². The second-order valence-corrected chi connectivity index (χ2v) is 6.01. The first kappa shape index (κ1) is 17.4. The predicted octanol–water partition coefficient (Wildman–Crippen LogP) is 5.47. The second kappa shape index (κ2) is 7.10. The molecule has 0 unspecified atom stereocenters. The minimum atomic E-state index is -4.43. The van der Waals surface area contributed by atoms with Crippen LogP contribution in [0.5, 0.6) is 0 Å². The number of nitriles is 1.